The monoisotopic (exact) mass is 438 g/mol. The number of morpholine rings is 1. The Labute approximate surface area is 179 Å². The molecular weight excluding hydrogens is 404 g/mol. The smallest absolute Gasteiger partial charge is 0.218 e. The first kappa shape index (κ1) is 23.0. The number of ether oxygens (including phenoxy) is 1. The Morgan fingerprint density at radius 1 is 1.17 bits per heavy atom. The predicted octanol–water partition coefficient (Wildman–Crippen LogP) is 1.21. The molecule has 2 aliphatic rings. The van der Waals surface area contributed by atoms with Crippen LogP contribution in [-0.2, 0) is 27.1 Å². The van der Waals surface area contributed by atoms with Gasteiger partial charge < -0.3 is 20.5 Å². The highest BCUT2D eigenvalue weighted by atomic mass is 32.2. The fraction of sp³-hybridized carbons (Fsp3) is 0.667. The molecule has 1 aromatic carbocycles. The second-order valence-corrected chi connectivity index (χ2v) is 9.85. The Bertz CT molecular complexity index is 801. The van der Waals surface area contributed by atoms with Crippen LogP contribution in [-0.4, -0.2) is 68.8 Å². The van der Waals surface area contributed by atoms with E-state index in [-0.39, 0.29) is 11.9 Å². The maximum absolute atomic E-state index is 12.8. The van der Waals surface area contributed by atoms with Crippen LogP contribution < -0.4 is 10.6 Å². The van der Waals surface area contributed by atoms with Crippen LogP contribution in [0.4, 0.5) is 0 Å². The van der Waals surface area contributed by atoms with Gasteiger partial charge in [-0.25, -0.2) is 13.4 Å². The van der Waals surface area contributed by atoms with Crippen molar-refractivity contribution in [1.82, 2.24) is 14.9 Å². The number of sulfonamides is 1. The Kier molecular flexibility index (Phi) is 8.50. The summed E-state index contributed by atoms with van der Waals surface area (Å²) < 4.78 is 32.4. The van der Waals surface area contributed by atoms with Crippen LogP contribution in [0.5, 0.6) is 0 Å². The molecule has 8 nitrogen and oxygen atoms in total. The van der Waals surface area contributed by atoms with Crippen molar-refractivity contribution in [2.75, 3.05) is 32.8 Å². The van der Waals surface area contributed by atoms with Crippen molar-refractivity contribution in [3.8, 4) is 0 Å². The molecule has 0 spiro atoms. The van der Waals surface area contributed by atoms with Gasteiger partial charge in [-0.15, -0.1) is 0 Å². The lowest BCUT2D eigenvalue weighted by Crippen LogP contribution is -2.45. The normalized spacial score (nSPS) is 23.9. The van der Waals surface area contributed by atoms with Gasteiger partial charge in [0.2, 0.25) is 10.0 Å². The summed E-state index contributed by atoms with van der Waals surface area (Å²) in [6, 6.07) is 7.88. The van der Waals surface area contributed by atoms with Crippen LogP contribution in [0.2, 0.25) is 0 Å². The molecule has 168 valence electrons. The van der Waals surface area contributed by atoms with E-state index < -0.39 is 10.0 Å². The summed E-state index contributed by atoms with van der Waals surface area (Å²) >= 11 is 0. The minimum absolute atomic E-state index is 0.0246. The Morgan fingerprint density at radius 3 is 2.50 bits per heavy atom. The number of aliphatic hydroxyl groups is 1. The molecule has 3 rings (SSSR count). The highest BCUT2D eigenvalue weighted by Crippen LogP contribution is 2.19. The first-order valence-corrected chi connectivity index (χ1v) is 12.4. The molecule has 3 N–H and O–H groups in total. The van der Waals surface area contributed by atoms with E-state index in [1.165, 1.54) is 4.31 Å². The molecule has 1 saturated carbocycles. The zero-order valence-corrected chi connectivity index (χ0v) is 18.5. The summed E-state index contributed by atoms with van der Waals surface area (Å²) in [7, 11) is -3.39. The fourth-order valence-corrected chi connectivity index (χ4v) is 5.43. The number of rotatable bonds is 7. The minimum atomic E-state index is -3.39. The van der Waals surface area contributed by atoms with E-state index in [1.807, 2.05) is 31.2 Å². The lowest BCUT2D eigenvalue weighted by Gasteiger charge is -2.27. The van der Waals surface area contributed by atoms with Crippen LogP contribution in [0, 0.1) is 0 Å². The quantitative estimate of drug-likeness (QED) is 0.437. The van der Waals surface area contributed by atoms with Gasteiger partial charge in [0.05, 0.1) is 31.6 Å². The second-order valence-electron chi connectivity index (χ2n) is 7.88. The summed E-state index contributed by atoms with van der Waals surface area (Å²) in [6.07, 6.45) is 3.25. The molecule has 1 aromatic rings. The van der Waals surface area contributed by atoms with E-state index in [9.17, 15) is 13.5 Å². The number of guanidine groups is 1. The van der Waals surface area contributed by atoms with E-state index in [2.05, 4.69) is 10.6 Å². The maximum atomic E-state index is 12.8. The van der Waals surface area contributed by atoms with Crippen molar-refractivity contribution in [1.29, 1.82) is 0 Å². The molecule has 1 saturated heterocycles. The molecule has 2 fully saturated rings. The molecule has 0 atom stereocenters. The van der Waals surface area contributed by atoms with E-state index in [0.717, 1.165) is 49.3 Å². The summed E-state index contributed by atoms with van der Waals surface area (Å²) in [5.74, 6) is 0.702. The molecule has 1 aliphatic heterocycles. The standard InChI is InChI=1S/C21H34N4O4S/c1-2-22-21(24-19-7-9-20(26)10-8-19)23-15-17-5-3-4-6-18(17)16-30(27,28)25-11-13-29-14-12-25/h3-6,19-20,26H,2,7-16H2,1H3,(H2,22,23,24). The summed E-state index contributed by atoms with van der Waals surface area (Å²) in [5.41, 5.74) is 1.69. The number of nitrogens with zero attached hydrogens (tertiary/aromatic N) is 2. The molecule has 1 heterocycles. The third-order valence-electron chi connectivity index (χ3n) is 5.61. The average Bonchev–Trinajstić information content (AvgIpc) is 2.75. The van der Waals surface area contributed by atoms with Gasteiger partial charge in [0.15, 0.2) is 5.96 Å². The first-order chi connectivity index (χ1) is 14.5. The minimum Gasteiger partial charge on any atom is -0.393 e. The second kappa shape index (κ2) is 11.1. The molecule has 0 bridgehead atoms. The van der Waals surface area contributed by atoms with Crippen LogP contribution in [0.3, 0.4) is 0 Å². The van der Waals surface area contributed by atoms with Crippen molar-refractivity contribution in [2.45, 2.75) is 57.1 Å². The summed E-state index contributed by atoms with van der Waals surface area (Å²) in [4.78, 5) is 4.70. The van der Waals surface area contributed by atoms with Gasteiger partial charge in [0.1, 0.15) is 0 Å². The van der Waals surface area contributed by atoms with E-state index in [4.69, 9.17) is 9.73 Å². The van der Waals surface area contributed by atoms with Crippen LogP contribution >= 0.6 is 0 Å². The van der Waals surface area contributed by atoms with Crippen LogP contribution in [0.25, 0.3) is 0 Å². The number of hydrogen-bond donors (Lipinski definition) is 3. The Balaban J connectivity index is 1.67. The Hall–Kier alpha value is -1.68. The SMILES string of the molecule is CCNC(=NCc1ccccc1CS(=O)(=O)N1CCOCC1)NC1CCC(O)CC1. The van der Waals surface area contributed by atoms with E-state index in [1.54, 1.807) is 0 Å². The number of aliphatic imine (C=N–C) groups is 1. The largest absolute Gasteiger partial charge is 0.393 e. The summed E-state index contributed by atoms with van der Waals surface area (Å²) in [5, 5.41) is 16.4. The van der Waals surface area contributed by atoms with Crippen molar-refractivity contribution >= 4 is 16.0 Å². The van der Waals surface area contributed by atoms with E-state index in [0.29, 0.717) is 38.9 Å². The van der Waals surface area contributed by atoms with Crippen LogP contribution in [0.1, 0.15) is 43.7 Å². The topological polar surface area (TPSA) is 103 Å². The lowest BCUT2D eigenvalue weighted by molar-refractivity contribution is 0.0729. The fourth-order valence-electron chi connectivity index (χ4n) is 3.86. The zero-order valence-electron chi connectivity index (χ0n) is 17.7. The first-order valence-electron chi connectivity index (χ1n) is 10.8. The molecule has 0 radical (unpaired) electrons. The number of hydrogen-bond acceptors (Lipinski definition) is 5. The maximum Gasteiger partial charge on any atom is 0.218 e. The summed E-state index contributed by atoms with van der Waals surface area (Å²) in [6.45, 7) is 4.88. The number of benzene rings is 1. The van der Waals surface area contributed by atoms with Gasteiger partial charge >= 0.3 is 0 Å². The van der Waals surface area contributed by atoms with Gasteiger partial charge in [-0.05, 0) is 43.7 Å². The van der Waals surface area contributed by atoms with Crippen molar-refractivity contribution < 1.29 is 18.3 Å². The molecule has 30 heavy (non-hydrogen) atoms. The number of aliphatic hydroxyl groups excluding tert-OH is 1. The van der Waals surface area contributed by atoms with Gasteiger partial charge in [0.25, 0.3) is 0 Å². The molecule has 9 heteroatoms. The average molecular weight is 439 g/mol. The third kappa shape index (κ3) is 6.66. The molecule has 0 aromatic heterocycles. The Morgan fingerprint density at radius 2 is 1.83 bits per heavy atom. The van der Waals surface area contributed by atoms with E-state index >= 15 is 0 Å². The lowest BCUT2D eigenvalue weighted by atomic mass is 9.93. The molecular formula is C21H34N4O4S. The highest BCUT2D eigenvalue weighted by molar-refractivity contribution is 7.88. The van der Waals surface area contributed by atoms with Gasteiger partial charge in [-0.3, -0.25) is 0 Å². The third-order valence-corrected chi connectivity index (χ3v) is 7.44. The highest BCUT2D eigenvalue weighted by Gasteiger charge is 2.25. The van der Waals surface area contributed by atoms with Crippen LogP contribution in [0.15, 0.2) is 29.3 Å². The zero-order chi connectivity index (χ0) is 21.4. The van der Waals surface area contributed by atoms with Gasteiger partial charge in [-0.1, -0.05) is 24.3 Å². The van der Waals surface area contributed by atoms with Gasteiger partial charge in [0, 0.05) is 25.7 Å². The van der Waals surface area contributed by atoms with Crippen molar-refractivity contribution in [2.24, 2.45) is 4.99 Å². The molecule has 1 aliphatic carbocycles. The van der Waals surface area contributed by atoms with Crippen molar-refractivity contribution in [3.05, 3.63) is 35.4 Å². The number of nitrogens with one attached hydrogen (secondary N) is 2. The predicted molar refractivity (Wildman–Crippen MR) is 118 cm³/mol. The molecule has 0 unspecified atom stereocenters. The van der Waals surface area contributed by atoms with Gasteiger partial charge in [-0.2, -0.15) is 4.31 Å². The molecule has 0 amide bonds. The van der Waals surface area contributed by atoms with Crippen molar-refractivity contribution in [3.63, 3.8) is 0 Å².